The van der Waals surface area contributed by atoms with Gasteiger partial charge >= 0.3 is 0 Å². The second kappa shape index (κ2) is 11.5. The van der Waals surface area contributed by atoms with E-state index in [0.29, 0.717) is 0 Å². The van der Waals surface area contributed by atoms with Crippen LogP contribution in [0.2, 0.25) is 0 Å². The average Bonchev–Trinajstić information content (AvgIpc) is 2.38. The van der Waals surface area contributed by atoms with Crippen molar-refractivity contribution >= 4 is 11.9 Å². The largest absolute Gasteiger partial charge is 0.548 e. The molecule has 1 unspecified atom stereocenters. The summed E-state index contributed by atoms with van der Waals surface area (Å²) >= 11 is 0. The molecule has 0 aliphatic heterocycles. The molecule has 5 heteroatoms. The topological polar surface area (TPSA) is 89.5 Å². The molecule has 2 N–H and O–H groups in total. The fourth-order valence-electron chi connectivity index (χ4n) is 1.90. The predicted molar refractivity (Wildman–Crippen MR) is 75.8 cm³/mol. The molecule has 2 atom stereocenters. The van der Waals surface area contributed by atoms with Crippen molar-refractivity contribution in [3.8, 4) is 0 Å². The van der Waals surface area contributed by atoms with E-state index in [2.05, 4.69) is 11.9 Å². The summed E-state index contributed by atoms with van der Waals surface area (Å²) in [5.41, 5.74) is 0. The van der Waals surface area contributed by atoms with E-state index in [0.717, 1.165) is 38.5 Å². The monoisotopic (exact) mass is 284 g/mol. The van der Waals surface area contributed by atoms with Crippen molar-refractivity contribution in [2.24, 2.45) is 0 Å². The van der Waals surface area contributed by atoms with Crippen LogP contribution in [0.25, 0.3) is 0 Å². The van der Waals surface area contributed by atoms with Crippen molar-refractivity contribution in [1.29, 1.82) is 0 Å². The van der Waals surface area contributed by atoms with Gasteiger partial charge in [-0.15, -0.1) is 6.58 Å². The number of carbonyl (C=O) groups is 2. The van der Waals surface area contributed by atoms with Gasteiger partial charge < -0.3 is 20.3 Å². The van der Waals surface area contributed by atoms with Crippen molar-refractivity contribution in [3.63, 3.8) is 0 Å². The zero-order valence-corrected chi connectivity index (χ0v) is 12.3. The van der Waals surface area contributed by atoms with E-state index in [1.165, 1.54) is 13.3 Å². The van der Waals surface area contributed by atoms with Gasteiger partial charge in [-0.2, -0.15) is 0 Å². The summed E-state index contributed by atoms with van der Waals surface area (Å²) in [6.45, 7) is 4.98. The Hall–Kier alpha value is -1.36. The lowest BCUT2D eigenvalue weighted by molar-refractivity contribution is -0.310. The van der Waals surface area contributed by atoms with Crippen molar-refractivity contribution in [2.75, 3.05) is 0 Å². The second-order valence-electron chi connectivity index (χ2n) is 5.05. The summed E-state index contributed by atoms with van der Waals surface area (Å²) in [5, 5.41) is 22.2. The van der Waals surface area contributed by atoms with Gasteiger partial charge in [-0.3, -0.25) is 4.79 Å². The van der Waals surface area contributed by atoms with Crippen LogP contribution in [0.15, 0.2) is 12.7 Å². The number of rotatable bonds is 12. The van der Waals surface area contributed by atoms with Gasteiger partial charge in [0.15, 0.2) is 0 Å². The first-order chi connectivity index (χ1) is 9.49. The Bertz CT molecular complexity index is 302. The van der Waals surface area contributed by atoms with Crippen LogP contribution in [0.1, 0.15) is 58.3 Å². The van der Waals surface area contributed by atoms with Crippen LogP contribution in [0, 0.1) is 0 Å². The molecule has 0 rings (SSSR count). The highest BCUT2D eigenvalue weighted by atomic mass is 16.4. The lowest BCUT2D eigenvalue weighted by Crippen LogP contribution is -2.53. The first-order valence-electron chi connectivity index (χ1n) is 7.28. The lowest BCUT2D eigenvalue weighted by Gasteiger charge is -2.22. The number of allylic oxidation sites excluding steroid dienone is 1. The summed E-state index contributed by atoms with van der Waals surface area (Å²) < 4.78 is 0. The predicted octanol–water partition coefficient (Wildman–Crippen LogP) is 0.909. The fourth-order valence-corrected chi connectivity index (χ4v) is 1.90. The number of carbonyl (C=O) groups excluding carboxylic acids is 2. The molecule has 0 aromatic rings. The Morgan fingerprint density at radius 3 is 2.25 bits per heavy atom. The lowest BCUT2D eigenvalue weighted by atomic mass is 10.1. The highest BCUT2D eigenvalue weighted by molar-refractivity contribution is 5.82. The van der Waals surface area contributed by atoms with E-state index in [9.17, 15) is 19.8 Å². The van der Waals surface area contributed by atoms with Gasteiger partial charge in [-0.1, -0.05) is 31.8 Å². The normalized spacial score (nSPS) is 13.5. The molecule has 0 aromatic carbocycles. The molecule has 0 spiro atoms. The van der Waals surface area contributed by atoms with Crippen molar-refractivity contribution in [2.45, 2.75) is 70.4 Å². The highest BCUT2D eigenvalue weighted by Gasteiger charge is 2.18. The summed E-state index contributed by atoms with van der Waals surface area (Å²) in [7, 11) is 0. The Morgan fingerprint density at radius 1 is 1.20 bits per heavy atom. The number of amides is 1. The molecule has 0 aliphatic carbocycles. The molecule has 0 saturated heterocycles. The van der Waals surface area contributed by atoms with E-state index >= 15 is 0 Å². The minimum atomic E-state index is -1.46. The number of nitrogens with one attached hydrogen (secondary N) is 1. The number of hydrogen-bond acceptors (Lipinski definition) is 4. The third-order valence-corrected chi connectivity index (χ3v) is 3.11. The molecular formula is C15H26NO4-. The van der Waals surface area contributed by atoms with Gasteiger partial charge in [0, 0.05) is 6.42 Å². The second-order valence-corrected chi connectivity index (χ2v) is 5.05. The van der Waals surface area contributed by atoms with Crippen LogP contribution in [0.4, 0.5) is 0 Å². The molecule has 5 nitrogen and oxygen atoms in total. The molecule has 20 heavy (non-hydrogen) atoms. The first-order valence-corrected chi connectivity index (χ1v) is 7.28. The van der Waals surface area contributed by atoms with Gasteiger partial charge in [0.1, 0.15) is 0 Å². The third-order valence-electron chi connectivity index (χ3n) is 3.11. The smallest absolute Gasteiger partial charge is 0.220 e. The minimum Gasteiger partial charge on any atom is -0.548 e. The maximum Gasteiger partial charge on any atom is 0.220 e. The SMILES string of the molecule is C=CCCCCCCCCC(=O)N[C@H](C(=O)[O-])C(C)O. The molecule has 0 bridgehead atoms. The Morgan fingerprint density at radius 2 is 1.75 bits per heavy atom. The number of aliphatic carboxylic acids is 1. The van der Waals surface area contributed by atoms with Crippen LogP contribution in [0.5, 0.6) is 0 Å². The molecule has 0 aromatic heterocycles. The van der Waals surface area contributed by atoms with E-state index < -0.39 is 18.1 Å². The van der Waals surface area contributed by atoms with Crippen LogP contribution < -0.4 is 10.4 Å². The van der Waals surface area contributed by atoms with Crippen LogP contribution in [-0.4, -0.2) is 29.1 Å². The number of unbranched alkanes of at least 4 members (excludes halogenated alkanes) is 6. The minimum absolute atomic E-state index is 0.281. The standard InChI is InChI=1S/C15H27NO4/c1-3-4-5-6-7-8-9-10-11-13(18)16-14(12(2)17)15(19)20/h3,12,14,17H,1,4-11H2,2H3,(H,16,18)(H,19,20)/p-1/t12?,14-/m0/s1. The van der Waals surface area contributed by atoms with Crippen molar-refractivity contribution in [1.82, 2.24) is 5.32 Å². The van der Waals surface area contributed by atoms with Gasteiger partial charge in [0.25, 0.3) is 0 Å². The maximum atomic E-state index is 11.5. The molecule has 116 valence electrons. The number of carboxylic acids is 1. The zero-order valence-electron chi connectivity index (χ0n) is 12.3. The van der Waals surface area contributed by atoms with E-state index in [1.54, 1.807) is 0 Å². The van der Waals surface area contributed by atoms with Crippen molar-refractivity contribution < 1.29 is 19.8 Å². The van der Waals surface area contributed by atoms with Gasteiger partial charge in [-0.05, 0) is 26.2 Å². The van der Waals surface area contributed by atoms with Crippen molar-refractivity contribution in [3.05, 3.63) is 12.7 Å². The number of hydrogen-bond donors (Lipinski definition) is 2. The Balaban J connectivity index is 3.62. The number of aliphatic hydroxyl groups is 1. The molecule has 0 aliphatic rings. The zero-order chi connectivity index (χ0) is 15.4. The van der Waals surface area contributed by atoms with Gasteiger partial charge in [-0.25, -0.2) is 0 Å². The van der Waals surface area contributed by atoms with Crippen LogP contribution in [0.3, 0.4) is 0 Å². The van der Waals surface area contributed by atoms with E-state index in [4.69, 9.17) is 0 Å². The highest BCUT2D eigenvalue weighted by Crippen LogP contribution is 2.08. The Kier molecular flexibility index (Phi) is 10.7. The van der Waals surface area contributed by atoms with Crippen LogP contribution >= 0.6 is 0 Å². The molecule has 1 amide bonds. The Labute approximate surface area is 121 Å². The summed E-state index contributed by atoms with van der Waals surface area (Å²) in [6.07, 6.45) is 8.32. The molecule has 0 heterocycles. The van der Waals surface area contributed by atoms with Gasteiger partial charge in [0.05, 0.1) is 18.1 Å². The third kappa shape index (κ3) is 9.55. The molecule has 0 fully saturated rings. The van der Waals surface area contributed by atoms with E-state index in [1.807, 2.05) is 6.08 Å². The quantitative estimate of drug-likeness (QED) is 0.412. The molecular weight excluding hydrogens is 258 g/mol. The van der Waals surface area contributed by atoms with Gasteiger partial charge in [0.2, 0.25) is 5.91 Å². The summed E-state index contributed by atoms with van der Waals surface area (Å²) in [6, 6.07) is -1.33. The van der Waals surface area contributed by atoms with E-state index in [-0.39, 0.29) is 12.3 Å². The van der Waals surface area contributed by atoms with Crippen LogP contribution in [-0.2, 0) is 9.59 Å². The number of carboxylic acid groups (broad SMARTS) is 1. The first kappa shape index (κ1) is 18.6. The summed E-state index contributed by atoms with van der Waals surface area (Å²) in [5.74, 6) is -1.82. The molecule has 0 radical (unpaired) electrons. The number of aliphatic hydroxyl groups excluding tert-OH is 1. The molecule has 0 saturated carbocycles. The fraction of sp³-hybridized carbons (Fsp3) is 0.733. The maximum absolute atomic E-state index is 11.5. The summed E-state index contributed by atoms with van der Waals surface area (Å²) in [4.78, 5) is 22.2. The average molecular weight is 284 g/mol.